The second kappa shape index (κ2) is 3.93. The van der Waals surface area contributed by atoms with E-state index in [4.69, 9.17) is 10.8 Å². The molecule has 0 spiro atoms. The maximum Gasteiger partial charge on any atom is 0.360 e. The first-order valence-electron chi connectivity index (χ1n) is 4.30. The second-order valence-electron chi connectivity index (χ2n) is 2.99. The summed E-state index contributed by atoms with van der Waals surface area (Å²) in [5, 5.41) is 16.0. The number of hydrogen-bond acceptors (Lipinski definition) is 4. The molecule has 16 heavy (non-hydrogen) atoms. The smallest absolute Gasteiger partial charge is 0.360 e. The zero-order valence-corrected chi connectivity index (χ0v) is 9.55. The van der Waals surface area contributed by atoms with E-state index in [1.165, 1.54) is 4.68 Å². The Morgan fingerprint density at radius 2 is 2.12 bits per heavy atom. The molecule has 3 N–H and O–H groups in total. The van der Waals surface area contributed by atoms with Crippen LogP contribution in [0.15, 0.2) is 28.7 Å². The number of anilines is 1. The third kappa shape index (κ3) is 1.65. The number of para-hydroxylation sites is 1. The van der Waals surface area contributed by atoms with Gasteiger partial charge >= 0.3 is 5.97 Å². The van der Waals surface area contributed by atoms with Crippen LogP contribution in [0, 0.1) is 0 Å². The van der Waals surface area contributed by atoms with Crippen molar-refractivity contribution in [2.75, 3.05) is 5.73 Å². The lowest BCUT2D eigenvalue weighted by Crippen LogP contribution is -2.06. The first kappa shape index (κ1) is 10.6. The molecule has 0 atom stereocenters. The highest BCUT2D eigenvalue weighted by molar-refractivity contribution is 9.10. The van der Waals surface area contributed by atoms with Gasteiger partial charge in [-0.3, -0.25) is 0 Å². The van der Waals surface area contributed by atoms with Crippen LogP contribution >= 0.6 is 15.9 Å². The van der Waals surface area contributed by atoms with Gasteiger partial charge in [-0.25, -0.2) is 4.79 Å². The van der Waals surface area contributed by atoms with Crippen molar-refractivity contribution in [3.8, 4) is 5.69 Å². The fourth-order valence-corrected chi connectivity index (χ4v) is 1.70. The van der Waals surface area contributed by atoms with E-state index in [-0.39, 0.29) is 11.5 Å². The van der Waals surface area contributed by atoms with Crippen LogP contribution in [0.5, 0.6) is 0 Å². The molecule has 7 heteroatoms. The minimum Gasteiger partial charge on any atom is -0.476 e. The summed E-state index contributed by atoms with van der Waals surface area (Å²) in [4.78, 5) is 10.7. The van der Waals surface area contributed by atoms with Gasteiger partial charge in [0.15, 0.2) is 5.82 Å². The molecule has 0 fully saturated rings. The molecule has 0 aliphatic rings. The molecule has 0 saturated carbocycles. The number of rotatable bonds is 2. The van der Waals surface area contributed by atoms with Crippen LogP contribution in [-0.2, 0) is 0 Å². The van der Waals surface area contributed by atoms with Crippen molar-refractivity contribution in [3.63, 3.8) is 0 Å². The molecule has 2 aromatic rings. The Balaban J connectivity index is 2.58. The van der Waals surface area contributed by atoms with E-state index in [0.29, 0.717) is 5.69 Å². The summed E-state index contributed by atoms with van der Waals surface area (Å²) < 4.78 is 2.02. The van der Waals surface area contributed by atoms with Gasteiger partial charge in [0.25, 0.3) is 0 Å². The Kier molecular flexibility index (Phi) is 2.61. The van der Waals surface area contributed by atoms with Gasteiger partial charge in [0.2, 0.25) is 5.69 Å². The SMILES string of the molecule is Nc1c(C(=O)O)nnn1-c1ccccc1Br. The molecule has 0 amide bonds. The predicted octanol–water partition coefficient (Wildman–Crippen LogP) is 1.31. The van der Waals surface area contributed by atoms with Crippen molar-refractivity contribution in [3.05, 3.63) is 34.4 Å². The lowest BCUT2D eigenvalue weighted by molar-refractivity contribution is 0.0691. The number of aromatic nitrogens is 3. The summed E-state index contributed by atoms with van der Waals surface area (Å²) in [6, 6.07) is 7.18. The fourth-order valence-electron chi connectivity index (χ4n) is 1.24. The van der Waals surface area contributed by atoms with Crippen molar-refractivity contribution in [1.82, 2.24) is 15.0 Å². The number of nitrogen functional groups attached to an aromatic ring is 1. The quantitative estimate of drug-likeness (QED) is 0.866. The third-order valence-electron chi connectivity index (χ3n) is 1.99. The van der Waals surface area contributed by atoms with E-state index >= 15 is 0 Å². The Labute approximate surface area is 98.8 Å². The molecule has 0 aliphatic heterocycles. The molecule has 0 radical (unpaired) electrons. The summed E-state index contributed by atoms with van der Waals surface area (Å²) in [6.45, 7) is 0. The summed E-state index contributed by atoms with van der Waals surface area (Å²) in [5.74, 6) is -1.20. The standard InChI is InChI=1S/C9H7BrN4O2/c10-5-3-1-2-4-6(5)14-8(11)7(9(15)16)12-13-14/h1-4H,11H2,(H,15,16). The number of halogens is 1. The molecular formula is C9H7BrN4O2. The van der Waals surface area contributed by atoms with E-state index in [9.17, 15) is 4.79 Å². The van der Waals surface area contributed by atoms with E-state index in [1.807, 2.05) is 6.07 Å². The molecule has 0 bridgehead atoms. The Bertz CT molecular complexity index is 552. The average Bonchev–Trinajstić information content (AvgIpc) is 2.61. The number of nitrogens with two attached hydrogens (primary N) is 1. The molecule has 0 unspecified atom stereocenters. The van der Waals surface area contributed by atoms with E-state index in [0.717, 1.165) is 4.47 Å². The van der Waals surface area contributed by atoms with Crippen LogP contribution in [0.25, 0.3) is 5.69 Å². The summed E-state index contributed by atoms with van der Waals surface area (Å²) >= 11 is 3.32. The predicted molar refractivity (Wildman–Crippen MR) is 60.4 cm³/mol. The average molecular weight is 283 g/mol. The molecular weight excluding hydrogens is 276 g/mol. The van der Waals surface area contributed by atoms with Crippen molar-refractivity contribution in [2.45, 2.75) is 0 Å². The van der Waals surface area contributed by atoms with Crippen LogP contribution in [0.4, 0.5) is 5.82 Å². The zero-order valence-electron chi connectivity index (χ0n) is 7.96. The number of carboxylic acids is 1. The van der Waals surface area contributed by atoms with Crippen LogP contribution in [0.1, 0.15) is 10.5 Å². The van der Waals surface area contributed by atoms with Crippen molar-refractivity contribution < 1.29 is 9.90 Å². The monoisotopic (exact) mass is 282 g/mol. The number of carboxylic acid groups (broad SMARTS) is 1. The number of aromatic carboxylic acids is 1. The van der Waals surface area contributed by atoms with Gasteiger partial charge in [0.05, 0.1) is 5.69 Å². The summed E-state index contributed by atoms with van der Waals surface area (Å²) in [7, 11) is 0. The van der Waals surface area contributed by atoms with E-state index in [1.54, 1.807) is 18.2 Å². The highest BCUT2D eigenvalue weighted by atomic mass is 79.9. The maximum absolute atomic E-state index is 10.7. The molecule has 1 heterocycles. The summed E-state index contributed by atoms with van der Waals surface area (Å²) in [5.41, 5.74) is 6.03. The molecule has 1 aromatic carbocycles. The third-order valence-corrected chi connectivity index (χ3v) is 2.66. The molecule has 1 aromatic heterocycles. The topological polar surface area (TPSA) is 94.0 Å². The Morgan fingerprint density at radius 3 is 2.69 bits per heavy atom. The van der Waals surface area contributed by atoms with Crippen LogP contribution in [-0.4, -0.2) is 26.1 Å². The highest BCUT2D eigenvalue weighted by Gasteiger charge is 2.17. The van der Waals surface area contributed by atoms with Crippen LogP contribution < -0.4 is 5.73 Å². The molecule has 0 aliphatic carbocycles. The van der Waals surface area contributed by atoms with Gasteiger partial charge in [-0.1, -0.05) is 17.3 Å². The maximum atomic E-state index is 10.7. The highest BCUT2D eigenvalue weighted by Crippen LogP contribution is 2.22. The van der Waals surface area contributed by atoms with Gasteiger partial charge in [0, 0.05) is 4.47 Å². The second-order valence-corrected chi connectivity index (χ2v) is 3.85. The van der Waals surface area contributed by atoms with Crippen LogP contribution in [0.3, 0.4) is 0 Å². The van der Waals surface area contributed by atoms with Crippen LogP contribution in [0.2, 0.25) is 0 Å². The lowest BCUT2D eigenvalue weighted by atomic mass is 10.3. The van der Waals surface area contributed by atoms with Gasteiger partial charge in [-0.05, 0) is 28.1 Å². The Hall–Kier alpha value is -1.89. The van der Waals surface area contributed by atoms with Gasteiger partial charge in [-0.2, -0.15) is 4.68 Å². The molecule has 2 rings (SSSR count). The van der Waals surface area contributed by atoms with E-state index in [2.05, 4.69) is 26.2 Å². The molecule has 0 saturated heterocycles. The number of benzene rings is 1. The lowest BCUT2D eigenvalue weighted by Gasteiger charge is -2.04. The van der Waals surface area contributed by atoms with Crippen molar-refractivity contribution in [2.24, 2.45) is 0 Å². The van der Waals surface area contributed by atoms with Gasteiger partial charge < -0.3 is 10.8 Å². The van der Waals surface area contributed by atoms with Crippen molar-refractivity contribution in [1.29, 1.82) is 0 Å². The summed E-state index contributed by atoms with van der Waals surface area (Å²) in [6.07, 6.45) is 0. The first-order valence-corrected chi connectivity index (χ1v) is 5.10. The van der Waals surface area contributed by atoms with Crippen molar-refractivity contribution >= 4 is 27.7 Å². The molecule has 6 nitrogen and oxygen atoms in total. The van der Waals surface area contributed by atoms with Gasteiger partial charge in [0.1, 0.15) is 0 Å². The van der Waals surface area contributed by atoms with Gasteiger partial charge in [-0.15, -0.1) is 5.10 Å². The minimum absolute atomic E-state index is 0.000556. The normalized spacial score (nSPS) is 10.3. The molecule has 82 valence electrons. The number of hydrogen-bond donors (Lipinski definition) is 2. The zero-order chi connectivity index (χ0) is 11.7. The minimum atomic E-state index is -1.20. The first-order chi connectivity index (χ1) is 7.61. The number of nitrogens with zero attached hydrogens (tertiary/aromatic N) is 3. The fraction of sp³-hybridized carbons (Fsp3) is 0. The largest absolute Gasteiger partial charge is 0.476 e. The number of carbonyl (C=O) groups is 1. The Morgan fingerprint density at radius 1 is 1.44 bits per heavy atom. The van der Waals surface area contributed by atoms with E-state index < -0.39 is 5.97 Å².